The van der Waals surface area contributed by atoms with E-state index in [1.807, 2.05) is 37.6 Å². The summed E-state index contributed by atoms with van der Waals surface area (Å²) < 4.78 is 2.12. The predicted octanol–water partition coefficient (Wildman–Crippen LogP) is 3.26. The molecule has 0 aliphatic heterocycles. The molecule has 1 N–H and O–H groups in total. The van der Waals surface area contributed by atoms with Gasteiger partial charge in [0.15, 0.2) is 0 Å². The van der Waals surface area contributed by atoms with Crippen LogP contribution in [0, 0.1) is 18.3 Å². The molecule has 1 heterocycles. The minimum absolute atomic E-state index is 0.382. The molecule has 0 unspecified atom stereocenters. The zero-order valence-corrected chi connectivity index (χ0v) is 11.5. The fourth-order valence-electron chi connectivity index (χ4n) is 2.08. The van der Waals surface area contributed by atoms with E-state index in [1.165, 1.54) is 0 Å². The molecule has 2 rings (SSSR count). The van der Waals surface area contributed by atoms with Gasteiger partial charge in [0.05, 0.1) is 29.8 Å². The summed E-state index contributed by atoms with van der Waals surface area (Å²) in [5, 5.41) is 12.5. The summed E-state index contributed by atoms with van der Waals surface area (Å²) in [5.74, 6) is 0. The molecular weight excluding hydrogens is 236 g/mol. The van der Waals surface area contributed by atoms with Gasteiger partial charge in [-0.05, 0) is 32.4 Å². The number of nitrogens with zero attached hydrogens (tertiary/aromatic N) is 3. The number of hydrogen-bond donors (Lipinski definition) is 1. The monoisotopic (exact) mass is 254 g/mol. The van der Waals surface area contributed by atoms with Crippen molar-refractivity contribution in [3.63, 3.8) is 0 Å². The highest BCUT2D eigenvalue weighted by Crippen LogP contribution is 2.19. The lowest BCUT2D eigenvalue weighted by Crippen LogP contribution is -2.09. The first-order valence-corrected chi connectivity index (χ1v) is 6.37. The van der Waals surface area contributed by atoms with Crippen LogP contribution < -0.4 is 5.32 Å². The first kappa shape index (κ1) is 13.2. The van der Waals surface area contributed by atoms with Crippen LogP contribution in [0.2, 0.25) is 0 Å². The summed E-state index contributed by atoms with van der Waals surface area (Å²) in [5.41, 5.74) is 3.68. The fourth-order valence-corrected chi connectivity index (χ4v) is 2.08. The Balaban J connectivity index is 2.18. The van der Waals surface area contributed by atoms with Crippen molar-refractivity contribution < 1.29 is 0 Å². The number of anilines is 1. The van der Waals surface area contributed by atoms with Crippen LogP contribution >= 0.6 is 0 Å². The van der Waals surface area contributed by atoms with Crippen molar-refractivity contribution in [3.05, 3.63) is 47.5 Å². The molecule has 0 aliphatic rings. The first-order valence-electron chi connectivity index (χ1n) is 6.37. The quantitative estimate of drug-likeness (QED) is 0.911. The van der Waals surface area contributed by atoms with Gasteiger partial charge in [-0.15, -0.1) is 0 Å². The van der Waals surface area contributed by atoms with Crippen molar-refractivity contribution in [2.24, 2.45) is 0 Å². The van der Waals surface area contributed by atoms with E-state index >= 15 is 0 Å². The number of aryl methyl sites for hydroxylation is 1. The van der Waals surface area contributed by atoms with Crippen molar-refractivity contribution >= 4 is 5.69 Å². The Morgan fingerprint density at radius 2 is 2.21 bits per heavy atom. The molecule has 0 atom stereocenters. The highest BCUT2D eigenvalue weighted by Gasteiger charge is 2.07. The second kappa shape index (κ2) is 5.57. The average molecular weight is 254 g/mol. The largest absolute Gasteiger partial charge is 0.378 e. The molecule has 0 amide bonds. The zero-order chi connectivity index (χ0) is 13.8. The van der Waals surface area contributed by atoms with E-state index in [0.717, 1.165) is 16.9 Å². The highest BCUT2D eigenvalue weighted by molar-refractivity contribution is 5.60. The maximum atomic E-state index is 9.19. The fraction of sp³-hybridized carbons (Fsp3) is 0.333. The van der Waals surface area contributed by atoms with Gasteiger partial charge in [0.1, 0.15) is 6.07 Å². The zero-order valence-electron chi connectivity index (χ0n) is 11.5. The number of nitrogens with one attached hydrogen (secondary N) is 1. The Labute approximate surface area is 113 Å². The van der Waals surface area contributed by atoms with Gasteiger partial charge in [-0.2, -0.15) is 5.26 Å². The van der Waals surface area contributed by atoms with E-state index in [0.29, 0.717) is 18.2 Å². The summed E-state index contributed by atoms with van der Waals surface area (Å²) in [4.78, 5) is 4.17. The Bertz CT molecular complexity index is 605. The Kier molecular flexibility index (Phi) is 3.86. The Morgan fingerprint density at radius 3 is 2.89 bits per heavy atom. The number of aromatic nitrogens is 2. The summed E-state index contributed by atoms with van der Waals surface area (Å²) in [6, 6.07) is 8.46. The minimum atomic E-state index is 0.382. The van der Waals surface area contributed by atoms with Crippen molar-refractivity contribution in [3.8, 4) is 6.07 Å². The van der Waals surface area contributed by atoms with Gasteiger partial charge >= 0.3 is 0 Å². The molecule has 2 aromatic rings. The van der Waals surface area contributed by atoms with Gasteiger partial charge in [-0.1, -0.05) is 12.1 Å². The molecule has 0 spiro atoms. The molecule has 1 aromatic heterocycles. The van der Waals surface area contributed by atoms with Gasteiger partial charge in [0, 0.05) is 12.2 Å². The molecule has 19 heavy (non-hydrogen) atoms. The second-order valence-electron chi connectivity index (χ2n) is 4.85. The second-order valence-corrected chi connectivity index (χ2v) is 4.85. The molecule has 0 saturated carbocycles. The van der Waals surface area contributed by atoms with Crippen molar-refractivity contribution in [2.75, 3.05) is 5.32 Å². The number of benzene rings is 1. The summed E-state index contributed by atoms with van der Waals surface area (Å²) in [7, 11) is 0. The van der Waals surface area contributed by atoms with Crippen molar-refractivity contribution in [1.82, 2.24) is 9.55 Å². The van der Waals surface area contributed by atoms with Crippen LogP contribution in [0.25, 0.3) is 0 Å². The van der Waals surface area contributed by atoms with E-state index in [1.54, 1.807) is 0 Å². The standard InChI is InChI=1S/C15H18N4/c1-11(2)19-10-17-8-13(19)9-18-15-6-4-5-12(3)14(15)7-16/h4-6,8,10-11,18H,9H2,1-3H3. The average Bonchev–Trinajstić information content (AvgIpc) is 2.84. The maximum absolute atomic E-state index is 9.19. The van der Waals surface area contributed by atoms with Crippen LogP contribution in [0.1, 0.15) is 36.7 Å². The van der Waals surface area contributed by atoms with E-state index in [2.05, 4.69) is 34.8 Å². The van der Waals surface area contributed by atoms with Crippen LogP contribution in [-0.2, 0) is 6.54 Å². The molecule has 0 bridgehead atoms. The third-order valence-electron chi connectivity index (χ3n) is 3.15. The third kappa shape index (κ3) is 2.76. The van der Waals surface area contributed by atoms with Crippen LogP contribution in [0.3, 0.4) is 0 Å². The summed E-state index contributed by atoms with van der Waals surface area (Å²) in [6.45, 7) is 6.86. The predicted molar refractivity (Wildman–Crippen MR) is 75.8 cm³/mol. The topological polar surface area (TPSA) is 53.6 Å². The van der Waals surface area contributed by atoms with Gasteiger partial charge in [0.25, 0.3) is 0 Å². The van der Waals surface area contributed by atoms with Crippen LogP contribution in [0.4, 0.5) is 5.69 Å². The molecule has 4 nitrogen and oxygen atoms in total. The lowest BCUT2D eigenvalue weighted by molar-refractivity contribution is 0.577. The van der Waals surface area contributed by atoms with Gasteiger partial charge in [0.2, 0.25) is 0 Å². The minimum Gasteiger partial charge on any atom is -0.378 e. The molecule has 0 saturated heterocycles. The lowest BCUT2D eigenvalue weighted by Gasteiger charge is -2.14. The smallest absolute Gasteiger partial charge is 0.102 e. The normalized spacial score (nSPS) is 10.5. The van der Waals surface area contributed by atoms with Gasteiger partial charge in [-0.3, -0.25) is 0 Å². The number of nitriles is 1. The lowest BCUT2D eigenvalue weighted by atomic mass is 10.1. The molecule has 1 aromatic carbocycles. The van der Waals surface area contributed by atoms with E-state index in [9.17, 15) is 5.26 Å². The van der Waals surface area contributed by atoms with Crippen LogP contribution in [-0.4, -0.2) is 9.55 Å². The first-order chi connectivity index (χ1) is 9.13. The Morgan fingerprint density at radius 1 is 1.42 bits per heavy atom. The number of rotatable bonds is 4. The number of imidazole rings is 1. The van der Waals surface area contributed by atoms with Crippen LogP contribution in [0.5, 0.6) is 0 Å². The highest BCUT2D eigenvalue weighted by atomic mass is 15.1. The van der Waals surface area contributed by atoms with Crippen molar-refractivity contribution in [1.29, 1.82) is 5.26 Å². The summed E-state index contributed by atoms with van der Waals surface area (Å²) >= 11 is 0. The molecule has 0 aliphatic carbocycles. The Hall–Kier alpha value is -2.28. The molecule has 0 fully saturated rings. The molecule has 4 heteroatoms. The SMILES string of the molecule is Cc1cccc(NCc2cncn2C(C)C)c1C#N. The van der Waals surface area contributed by atoms with Gasteiger partial charge < -0.3 is 9.88 Å². The maximum Gasteiger partial charge on any atom is 0.102 e. The van der Waals surface area contributed by atoms with E-state index in [-0.39, 0.29) is 0 Å². The number of hydrogen-bond acceptors (Lipinski definition) is 3. The summed E-state index contributed by atoms with van der Waals surface area (Å²) in [6.07, 6.45) is 3.69. The van der Waals surface area contributed by atoms with Crippen molar-refractivity contribution in [2.45, 2.75) is 33.4 Å². The van der Waals surface area contributed by atoms with Gasteiger partial charge in [-0.25, -0.2) is 4.98 Å². The molecular formula is C15H18N4. The molecule has 98 valence electrons. The van der Waals surface area contributed by atoms with E-state index < -0.39 is 0 Å². The van der Waals surface area contributed by atoms with E-state index in [4.69, 9.17) is 0 Å². The molecule has 0 radical (unpaired) electrons. The third-order valence-corrected chi connectivity index (χ3v) is 3.15. The van der Waals surface area contributed by atoms with Crippen LogP contribution in [0.15, 0.2) is 30.7 Å².